The molecule has 0 aliphatic heterocycles. The van der Waals surface area contributed by atoms with Gasteiger partial charge in [-0.2, -0.15) is 0 Å². The van der Waals surface area contributed by atoms with E-state index in [4.69, 9.17) is 0 Å². The Kier molecular flexibility index (Phi) is 2.95. The van der Waals surface area contributed by atoms with Gasteiger partial charge in [-0.25, -0.2) is 4.98 Å². The minimum atomic E-state index is -0.813. The lowest BCUT2D eigenvalue weighted by Crippen LogP contribution is -2.22. The number of nitro groups is 2. The molecule has 98 valence electrons. The van der Waals surface area contributed by atoms with Crippen LogP contribution in [0.15, 0.2) is 23.1 Å². The predicted octanol–water partition coefficient (Wildman–Crippen LogP) is 1.23. The molecule has 0 fully saturated rings. The molecule has 0 radical (unpaired) electrons. The molecule has 0 aliphatic rings. The molecule has 0 N–H and O–H groups in total. The highest BCUT2D eigenvalue weighted by Crippen LogP contribution is 2.20. The zero-order chi connectivity index (χ0) is 14.2. The Morgan fingerprint density at radius 2 is 1.95 bits per heavy atom. The van der Waals surface area contributed by atoms with E-state index in [2.05, 4.69) is 4.98 Å². The summed E-state index contributed by atoms with van der Waals surface area (Å²) >= 11 is 0. The van der Waals surface area contributed by atoms with Crippen molar-refractivity contribution in [1.82, 2.24) is 9.55 Å². The Morgan fingerprint density at radius 3 is 2.47 bits per heavy atom. The van der Waals surface area contributed by atoms with E-state index in [1.54, 1.807) is 6.92 Å². The highest BCUT2D eigenvalue weighted by Gasteiger charge is 2.19. The summed E-state index contributed by atoms with van der Waals surface area (Å²) < 4.78 is 1.11. The van der Waals surface area contributed by atoms with Crippen LogP contribution in [-0.2, 0) is 6.54 Å². The number of aromatic nitrogens is 2. The van der Waals surface area contributed by atoms with Crippen LogP contribution in [-0.4, -0.2) is 19.4 Å². The summed E-state index contributed by atoms with van der Waals surface area (Å²) in [5, 5.41) is 21.6. The molecule has 2 rings (SSSR count). The standard InChI is InChI=1S/C10H8N4O5/c1-2-12-9-6(3-7(5-11-9)13(16)17)4-8(10(12)15)14(18)19/h3-5H,2H2,1H3. The van der Waals surface area contributed by atoms with E-state index in [1.807, 2.05) is 0 Å². The number of hydrogen-bond donors (Lipinski definition) is 0. The molecular formula is C10H8N4O5. The number of aryl methyl sites for hydroxylation is 1. The third-order valence-corrected chi connectivity index (χ3v) is 2.62. The van der Waals surface area contributed by atoms with Crippen molar-refractivity contribution in [3.05, 3.63) is 48.9 Å². The summed E-state index contributed by atoms with van der Waals surface area (Å²) in [5.74, 6) is 0. The summed E-state index contributed by atoms with van der Waals surface area (Å²) in [6.07, 6.45) is 1.01. The van der Waals surface area contributed by atoms with Crippen molar-refractivity contribution in [2.45, 2.75) is 13.5 Å². The molecule has 2 heterocycles. The second kappa shape index (κ2) is 4.44. The van der Waals surface area contributed by atoms with Crippen molar-refractivity contribution in [2.75, 3.05) is 0 Å². The van der Waals surface area contributed by atoms with Gasteiger partial charge in [-0.3, -0.25) is 29.6 Å². The Labute approximate surface area is 105 Å². The SMILES string of the molecule is CCn1c(=O)c([N+](=O)[O-])cc2cc([N+](=O)[O-])cnc21. The maximum atomic E-state index is 11.8. The summed E-state index contributed by atoms with van der Waals surface area (Å²) in [5.41, 5.74) is -1.51. The largest absolute Gasteiger partial charge is 0.334 e. The predicted molar refractivity (Wildman–Crippen MR) is 65.0 cm³/mol. The number of fused-ring (bicyclic) bond motifs is 1. The molecule has 2 aromatic rings. The van der Waals surface area contributed by atoms with Gasteiger partial charge >= 0.3 is 11.2 Å². The quantitative estimate of drug-likeness (QED) is 0.607. The van der Waals surface area contributed by atoms with Crippen LogP contribution < -0.4 is 5.56 Å². The van der Waals surface area contributed by atoms with E-state index in [1.165, 1.54) is 0 Å². The van der Waals surface area contributed by atoms with Crippen LogP contribution in [0.3, 0.4) is 0 Å². The molecule has 0 bridgehead atoms. The molecular weight excluding hydrogens is 256 g/mol. The van der Waals surface area contributed by atoms with Gasteiger partial charge in [0, 0.05) is 24.1 Å². The van der Waals surface area contributed by atoms with E-state index >= 15 is 0 Å². The monoisotopic (exact) mass is 264 g/mol. The molecule has 0 aliphatic carbocycles. The molecule has 0 atom stereocenters. The molecule has 0 aromatic carbocycles. The average Bonchev–Trinajstić information content (AvgIpc) is 2.37. The van der Waals surface area contributed by atoms with E-state index in [0.717, 1.165) is 22.9 Å². The first kappa shape index (κ1) is 12.6. The summed E-state index contributed by atoms with van der Waals surface area (Å²) in [6.45, 7) is 1.81. The smallest absolute Gasteiger partial charge is 0.287 e. The summed E-state index contributed by atoms with van der Waals surface area (Å²) in [4.78, 5) is 35.6. The molecule has 9 nitrogen and oxygen atoms in total. The van der Waals surface area contributed by atoms with Crippen molar-refractivity contribution >= 4 is 22.4 Å². The van der Waals surface area contributed by atoms with Crippen molar-refractivity contribution in [2.24, 2.45) is 0 Å². The van der Waals surface area contributed by atoms with Crippen LogP contribution in [0.25, 0.3) is 11.0 Å². The van der Waals surface area contributed by atoms with Gasteiger partial charge in [-0.15, -0.1) is 0 Å². The maximum absolute atomic E-state index is 11.8. The van der Waals surface area contributed by atoms with Gasteiger partial charge in [0.2, 0.25) is 0 Å². The van der Waals surface area contributed by atoms with Gasteiger partial charge in [0.1, 0.15) is 11.8 Å². The van der Waals surface area contributed by atoms with Crippen molar-refractivity contribution in [1.29, 1.82) is 0 Å². The Morgan fingerprint density at radius 1 is 1.26 bits per heavy atom. The number of rotatable bonds is 3. The molecule has 0 saturated heterocycles. The first-order chi connectivity index (χ1) is 8.95. The number of hydrogen-bond acceptors (Lipinski definition) is 6. The molecule has 0 spiro atoms. The minimum absolute atomic E-state index is 0.182. The third kappa shape index (κ3) is 2.01. The third-order valence-electron chi connectivity index (χ3n) is 2.62. The van der Waals surface area contributed by atoms with Crippen LogP contribution >= 0.6 is 0 Å². The van der Waals surface area contributed by atoms with E-state index in [9.17, 15) is 25.0 Å². The fourth-order valence-electron chi connectivity index (χ4n) is 1.76. The Hall–Kier alpha value is -2.84. The molecule has 0 amide bonds. The molecule has 9 heteroatoms. The number of pyridine rings is 2. The van der Waals surface area contributed by atoms with Gasteiger partial charge in [-0.1, -0.05) is 0 Å². The Bertz CT molecular complexity index is 751. The van der Waals surface area contributed by atoms with E-state index in [-0.39, 0.29) is 23.3 Å². The molecule has 19 heavy (non-hydrogen) atoms. The first-order valence-electron chi connectivity index (χ1n) is 5.28. The van der Waals surface area contributed by atoms with Gasteiger partial charge in [0.25, 0.3) is 5.69 Å². The van der Waals surface area contributed by atoms with Crippen LogP contribution in [0.2, 0.25) is 0 Å². The Balaban J connectivity index is 2.89. The normalized spacial score (nSPS) is 10.6. The lowest BCUT2D eigenvalue weighted by Gasteiger charge is -2.06. The fourth-order valence-corrected chi connectivity index (χ4v) is 1.76. The summed E-state index contributed by atoms with van der Waals surface area (Å²) in [7, 11) is 0. The highest BCUT2D eigenvalue weighted by molar-refractivity contribution is 5.79. The fraction of sp³-hybridized carbons (Fsp3) is 0.200. The van der Waals surface area contributed by atoms with Crippen molar-refractivity contribution in [3.8, 4) is 0 Å². The molecule has 0 saturated carbocycles. The summed E-state index contributed by atoms with van der Waals surface area (Å²) in [6, 6.07) is 2.16. The van der Waals surface area contributed by atoms with Gasteiger partial charge < -0.3 is 0 Å². The highest BCUT2D eigenvalue weighted by atomic mass is 16.6. The van der Waals surface area contributed by atoms with E-state index < -0.39 is 21.1 Å². The lowest BCUT2D eigenvalue weighted by atomic mass is 10.2. The van der Waals surface area contributed by atoms with Gasteiger partial charge in [0.05, 0.1) is 9.85 Å². The zero-order valence-electron chi connectivity index (χ0n) is 9.77. The van der Waals surface area contributed by atoms with Crippen LogP contribution in [0.4, 0.5) is 11.4 Å². The second-order valence-electron chi connectivity index (χ2n) is 3.70. The van der Waals surface area contributed by atoms with Crippen LogP contribution in [0.5, 0.6) is 0 Å². The topological polar surface area (TPSA) is 121 Å². The van der Waals surface area contributed by atoms with Crippen molar-refractivity contribution in [3.63, 3.8) is 0 Å². The second-order valence-corrected chi connectivity index (χ2v) is 3.70. The number of nitrogens with zero attached hydrogens (tertiary/aromatic N) is 4. The lowest BCUT2D eigenvalue weighted by molar-refractivity contribution is -0.386. The van der Waals surface area contributed by atoms with Crippen LogP contribution in [0, 0.1) is 20.2 Å². The zero-order valence-corrected chi connectivity index (χ0v) is 9.77. The first-order valence-corrected chi connectivity index (χ1v) is 5.28. The molecule has 2 aromatic heterocycles. The minimum Gasteiger partial charge on any atom is -0.287 e. The molecule has 0 unspecified atom stereocenters. The van der Waals surface area contributed by atoms with Crippen molar-refractivity contribution < 1.29 is 9.85 Å². The van der Waals surface area contributed by atoms with E-state index in [0.29, 0.717) is 0 Å². The van der Waals surface area contributed by atoms with Gasteiger partial charge in [-0.05, 0) is 6.92 Å². The van der Waals surface area contributed by atoms with Crippen LogP contribution in [0.1, 0.15) is 6.92 Å². The van der Waals surface area contributed by atoms with Gasteiger partial charge in [0.15, 0.2) is 0 Å². The maximum Gasteiger partial charge on any atom is 0.334 e. The average molecular weight is 264 g/mol.